The largest absolute Gasteiger partial charge is 0.389 e. The van der Waals surface area contributed by atoms with Gasteiger partial charge >= 0.3 is 0 Å². The molecule has 0 spiro atoms. The Balaban J connectivity index is 1.79. The molecule has 2 N–H and O–H groups in total. The minimum absolute atomic E-state index is 0.256. The molecule has 1 aliphatic heterocycles. The smallest absolute Gasteiger partial charge is 0.125 e. The van der Waals surface area contributed by atoms with Crippen LogP contribution in [0.2, 0.25) is 0 Å². The maximum Gasteiger partial charge on any atom is 0.125 e. The molecular formula is C17H30N4O2. The van der Waals surface area contributed by atoms with Gasteiger partial charge in [-0.2, -0.15) is 0 Å². The van der Waals surface area contributed by atoms with E-state index in [1.165, 1.54) is 5.56 Å². The van der Waals surface area contributed by atoms with Crippen LogP contribution in [0.4, 0.5) is 0 Å². The van der Waals surface area contributed by atoms with Gasteiger partial charge in [-0.15, -0.1) is 0 Å². The number of nitrogens with one attached hydrogen (secondary N) is 1. The number of aliphatic hydroxyl groups is 1. The average Bonchev–Trinajstić information content (AvgIpc) is 2.49. The fourth-order valence-corrected chi connectivity index (χ4v) is 3.29. The van der Waals surface area contributed by atoms with E-state index in [4.69, 9.17) is 4.74 Å². The van der Waals surface area contributed by atoms with Gasteiger partial charge in [0, 0.05) is 43.2 Å². The third-order valence-corrected chi connectivity index (χ3v) is 4.51. The van der Waals surface area contributed by atoms with Crippen LogP contribution >= 0.6 is 0 Å². The molecule has 2 atom stereocenters. The zero-order chi connectivity index (χ0) is 16.8. The minimum Gasteiger partial charge on any atom is -0.389 e. The van der Waals surface area contributed by atoms with Gasteiger partial charge in [0.2, 0.25) is 0 Å². The average molecular weight is 322 g/mol. The van der Waals surface area contributed by atoms with Crippen LogP contribution in [0.3, 0.4) is 0 Å². The van der Waals surface area contributed by atoms with E-state index in [9.17, 15) is 5.11 Å². The molecule has 2 heterocycles. The standard InChI is InChI=1S/C17H30N4O2/c1-12-17(9-18-14(3)19-12)13(2)20-15-5-7-21(8-6-15)10-16(22)11-23-4/h9,13,15-16,20,22H,5-8,10-11H2,1-4H3. The fourth-order valence-electron chi connectivity index (χ4n) is 3.29. The van der Waals surface area contributed by atoms with E-state index in [1.54, 1.807) is 7.11 Å². The van der Waals surface area contributed by atoms with Gasteiger partial charge < -0.3 is 20.1 Å². The highest BCUT2D eigenvalue weighted by Gasteiger charge is 2.23. The number of ether oxygens (including phenoxy) is 1. The molecule has 1 aromatic heterocycles. The van der Waals surface area contributed by atoms with Gasteiger partial charge in [-0.1, -0.05) is 0 Å². The van der Waals surface area contributed by atoms with Crippen molar-refractivity contribution in [3.63, 3.8) is 0 Å². The summed E-state index contributed by atoms with van der Waals surface area (Å²) in [6, 6.07) is 0.757. The topological polar surface area (TPSA) is 70.5 Å². The molecule has 0 radical (unpaired) electrons. The Morgan fingerprint density at radius 2 is 2.09 bits per heavy atom. The van der Waals surface area contributed by atoms with Crippen LogP contribution in [0.1, 0.15) is 42.9 Å². The number of hydrogen-bond donors (Lipinski definition) is 2. The first kappa shape index (κ1) is 18.3. The number of β-amino-alcohol motifs (C(OH)–C–C–N with tert-alkyl or cyclic N) is 1. The second-order valence-corrected chi connectivity index (χ2v) is 6.53. The van der Waals surface area contributed by atoms with Crippen molar-refractivity contribution in [1.82, 2.24) is 20.2 Å². The predicted octanol–water partition coefficient (Wildman–Crippen LogP) is 1.22. The zero-order valence-corrected chi connectivity index (χ0v) is 14.7. The Kier molecular flexibility index (Phi) is 6.89. The first-order valence-corrected chi connectivity index (χ1v) is 8.45. The number of aryl methyl sites for hydroxylation is 2. The highest BCUT2D eigenvalue weighted by atomic mass is 16.5. The molecule has 0 amide bonds. The van der Waals surface area contributed by atoms with Crippen LogP contribution in [0, 0.1) is 13.8 Å². The molecule has 0 aliphatic carbocycles. The molecule has 0 bridgehead atoms. The highest BCUT2D eigenvalue weighted by Crippen LogP contribution is 2.19. The summed E-state index contributed by atoms with van der Waals surface area (Å²) in [4.78, 5) is 11.1. The number of rotatable bonds is 7. The molecule has 1 aliphatic rings. The maximum absolute atomic E-state index is 9.82. The number of likely N-dealkylation sites (tertiary alicyclic amines) is 1. The quantitative estimate of drug-likeness (QED) is 0.786. The van der Waals surface area contributed by atoms with Crippen molar-refractivity contribution in [3.8, 4) is 0 Å². The normalized spacial score (nSPS) is 19.7. The minimum atomic E-state index is -0.393. The van der Waals surface area contributed by atoms with E-state index in [1.807, 2.05) is 20.0 Å². The van der Waals surface area contributed by atoms with Gasteiger partial charge in [-0.3, -0.25) is 0 Å². The van der Waals surface area contributed by atoms with Crippen molar-refractivity contribution in [2.45, 2.75) is 51.8 Å². The number of aromatic nitrogens is 2. The van der Waals surface area contributed by atoms with E-state index in [0.29, 0.717) is 19.2 Å². The number of hydrogen-bond acceptors (Lipinski definition) is 6. The predicted molar refractivity (Wildman–Crippen MR) is 90.4 cm³/mol. The third-order valence-electron chi connectivity index (χ3n) is 4.51. The second-order valence-electron chi connectivity index (χ2n) is 6.53. The van der Waals surface area contributed by atoms with Crippen molar-refractivity contribution in [1.29, 1.82) is 0 Å². The van der Waals surface area contributed by atoms with Gasteiger partial charge in [0.25, 0.3) is 0 Å². The molecule has 2 rings (SSSR count). The number of nitrogens with zero attached hydrogens (tertiary/aromatic N) is 3. The van der Waals surface area contributed by atoms with Crippen molar-refractivity contribution < 1.29 is 9.84 Å². The van der Waals surface area contributed by atoms with Gasteiger partial charge in [0.15, 0.2) is 0 Å². The highest BCUT2D eigenvalue weighted by molar-refractivity contribution is 5.19. The Bertz CT molecular complexity index is 489. The molecule has 0 saturated carbocycles. The molecule has 23 heavy (non-hydrogen) atoms. The number of aliphatic hydroxyl groups excluding tert-OH is 1. The molecule has 1 aromatic rings. The lowest BCUT2D eigenvalue weighted by atomic mass is 10.0. The van der Waals surface area contributed by atoms with Gasteiger partial charge in [-0.05, 0) is 46.7 Å². The number of methoxy groups -OCH3 is 1. The van der Waals surface area contributed by atoms with Gasteiger partial charge in [0.1, 0.15) is 5.82 Å². The summed E-state index contributed by atoms with van der Waals surface area (Å²) < 4.78 is 4.99. The van der Waals surface area contributed by atoms with Crippen LogP contribution in [-0.2, 0) is 4.74 Å². The summed E-state index contributed by atoms with van der Waals surface area (Å²) in [7, 11) is 1.62. The Labute approximate surface area is 139 Å². The van der Waals surface area contributed by atoms with Crippen molar-refractivity contribution in [2.75, 3.05) is 33.4 Å². The maximum atomic E-state index is 9.82. The third kappa shape index (κ3) is 5.49. The lowest BCUT2D eigenvalue weighted by Crippen LogP contribution is -2.46. The Morgan fingerprint density at radius 3 is 2.70 bits per heavy atom. The van der Waals surface area contributed by atoms with Gasteiger partial charge in [-0.25, -0.2) is 9.97 Å². The van der Waals surface area contributed by atoms with Crippen LogP contribution < -0.4 is 5.32 Å². The van der Waals surface area contributed by atoms with E-state index in [2.05, 4.69) is 27.1 Å². The van der Waals surface area contributed by atoms with Crippen LogP contribution in [0.25, 0.3) is 0 Å². The molecule has 130 valence electrons. The lowest BCUT2D eigenvalue weighted by Gasteiger charge is -2.35. The first-order valence-electron chi connectivity index (χ1n) is 8.45. The molecule has 0 aromatic carbocycles. The van der Waals surface area contributed by atoms with Gasteiger partial charge in [0.05, 0.1) is 12.7 Å². The van der Waals surface area contributed by atoms with E-state index in [0.717, 1.165) is 37.4 Å². The molecule has 6 heteroatoms. The zero-order valence-electron chi connectivity index (χ0n) is 14.7. The summed E-state index contributed by atoms with van der Waals surface area (Å²) in [6.07, 6.45) is 3.73. The molecular weight excluding hydrogens is 292 g/mol. The van der Waals surface area contributed by atoms with Crippen molar-refractivity contribution >= 4 is 0 Å². The Hall–Kier alpha value is -1.08. The Morgan fingerprint density at radius 1 is 1.39 bits per heavy atom. The summed E-state index contributed by atoms with van der Waals surface area (Å²) in [5, 5.41) is 13.5. The summed E-state index contributed by atoms with van der Waals surface area (Å²) >= 11 is 0. The van der Waals surface area contributed by atoms with Crippen LogP contribution in [0.15, 0.2) is 6.20 Å². The first-order chi connectivity index (χ1) is 11.0. The van der Waals surface area contributed by atoms with Crippen molar-refractivity contribution in [2.24, 2.45) is 0 Å². The fraction of sp³-hybridized carbons (Fsp3) is 0.765. The summed E-state index contributed by atoms with van der Waals surface area (Å²) in [5.74, 6) is 0.821. The number of piperidine rings is 1. The van der Waals surface area contributed by atoms with Crippen molar-refractivity contribution in [3.05, 3.63) is 23.3 Å². The summed E-state index contributed by atoms with van der Waals surface area (Å²) in [6.45, 7) is 9.26. The summed E-state index contributed by atoms with van der Waals surface area (Å²) in [5.41, 5.74) is 2.23. The molecule has 1 fully saturated rings. The van der Waals surface area contributed by atoms with E-state index >= 15 is 0 Å². The molecule has 6 nitrogen and oxygen atoms in total. The SMILES string of the molecule is COCC(O)CN1CCC(NC(C)c2cnc(C)nc2C)CC1. The molecule has 2 unspecified atom stereocenters. The monoisotopic (exact) mass is 322 g/mol. The molecule has 1 saturated heterocycles. The van der Waals surface area contributed by atoms with Crippen LogP contribution in [-0.4, -0.2) is 65.5 Å². The lowest BCUT2D eigenvalue weighted by molar-refractivity contribution is 0.0308. The second kappa shape index (κ2) is 8.68. The van der Waals surface area contributed by atoms with E-state index in [-0.39, 0.29) is 6.04 Å². The van der Waals surface area contributed by atoms with Crippen LogP contribution in [0.5, 0.6) is 0 Å². The van der Waals surface area contributed by atoms with E-state index < -0.39 is 6.10 Å².